The Labute approximate surface area is 179 Å². The Bertz CT molecular complexity index is 591. The zero-order valence-corrected chi connectivity index (χ0v) is 18.4. The Hall–Kier alpha value is -1.38. The van der Waals surface area contributed by atoms with Gasteiger partial charge in [0, 0.05) is 32.1 Å². The average Bonchev–Trinajstić information content (AvgIpc) is 2.65. The Balaban J connectivity index is 0.00000364. The Morgan fingerprint density at radius 2 is 1.89 bits per heavy atom. The molecule has 1 saturated carbocycles. The van der Waals surface area contributed by atoms with Gasteiger partial charge in [-0.25, -0.2) is 4.39 Å². The molecule has 0 spiro atoms. The van der Waals surface area contributed by atoms with Gasteiger partial charge in [0.2, 0.25) is 5.91 Å². The quantitative estimate of drug-likeness (QED) is 0.227. The second kappa shape index (κ2) is 13.7. The topological polar surface area (TPSA) is 65.5 Å². The summed E-state index contributed by atoms with van der Waals surface area (Å²) in [5.74, 6) is 0.873. The number of amides is 1. The highest BCUT2D eigenvalue weighted by Gasteiger charge is 2.20. The number of hydrogen-bond acceptors (Lipinski definition) is 2. The van der Waals surface area contributed by atoms with Crippen LogP contribution < -0.4 is 16.0 Å². The zero-order valence-electron chi connectivity index (χ0n) is 16.1. The summed E-state index contributed by atoms with van der Waals surface area (Å²) >= 11 is 0. The molecule has 1 aromatic carbocycles. The van der Waals surface area contributed by atoms with Gasteiger partial charge in [0.1, 0.15) is 5.82 Å². The first-order chi connectivity index (χ1) is 12.7. The summed E-state index contributed by atoms with van der Waals surface area (Å²) in [6, 6.07) is 6.60. The van der Waals surface area contributed by atoms with Crippen LogP contribution >= 0.6 is 24.0 Å². The van der Waals surface area contributed by atoms with Gasteiger partial charge in [-0.05, 0) is 43.9 Å². The molecule has 152 valence electrons. The lowest BCUT2D eigenvalue weighted by atomic mass is 9.89. The average molecular weight is 490 g/mol. The third-order valence-electron chi connectivity index (χ3n) is 4.60. The SMILES string of the molecule is CCNC(=NCCc1cccc(F)c1)NCCNC(=O)C1CCCCC1.I. The summed E-state index contributed by atoms with van der Waals surface area (Å²) in [5, 5.41) is 9.42. The van der Waals surface area contributed by atoms with Crippen molar-refractivity contribution >= 4 is 35.8 Å². The first-order valence-corrected chi connectivity index (χ1v) is 9.73. The molecule has 0 bridgehead atoms. The van der Waals surface area contributed by atoms with Gasteiger partial charge in [0.25, 0.3) is 0 Å². The molecule has 1 aromatic rings. The van der Waals surface area contributed by atoms with E-state index < -0.39 is 0 Å². The number of hydrogen-bond donors (Lipinski definition) is 3. The number of nitrogens with one attached hydrogen (secondary N) is 3. The molecule has 3 N–H and O–H groups in total. The van der Waals surface area contributed by atoms with Gasteiger partial charge >= 0.3 is 0 Å². The lowest BCUT2D eigenvalue weighted by molar-refractivity contribution is -0.125. The Kier molecular flexibility index (Phi) is 12.0. The van der Waals surface area contributed by atoms with Crippen molar-refractivity contribution in [1.29, 1.82) is 0 Å². The summed E-state index contributed by atoms with van der Waals surface area (Å²) in [4.78, 5) is 16.6. The van der Waals surface area contributed by atoms with E-state index in [0.717, 1.165) is 30.9 Å². The molecular weight excluding hydrogens is 458 g/mol. The Morgan fingerprint density at radius 1 is 1.15 bits per heavy atom. The highest BCUT2D eigenvalue weighted by Crippen LogP contribution is 2.23. The fourth-order valence-corrected chi connectivity index (χ4v) is 3.21. The molecule has 2 rings (SSSR count). The van der Waals surface area contributed by atoms with E-state index in [9.17, 15) is 9.18 Å². The number of carbonyl (C=O) groups is 1. The smallest absolute Gasteiger partial charge is 0.223 e. The molecule has 0 unspecified atom stereocenters. The highest BCUT2D eigenvalue weighted by molar-refractivity contribution is 14.0. The van der Waals surface area contributed by atoms with Crippen molar-refractivity contribution in [2.45, 2.75) is 45.4 Å². The van der Waals surface area contributed by atoms with E-state index in [1.807, 2.05) is 13.0 Å². The van der Waals surface area contributed by atoms with E-state index in [1.54, 1.807) is 6.07 Å². The molecule has 1 aliphatic rings. The molecule has 5 nitrogen and oxygen atoms in total. The van der Waals surface area contributed by atoms with Crippen LogP contribution in [-0.2, 0) is 11.2 Å². The van der Waals surface area contributed by atoms with Crippen LogP contribution in [0, 0.1) is 11.7 Å². The summed E-state index contributed by atoms with van der Waals surface area (Å²) in [5.41, 5.74) is 0.935. The van der Waals surface area contributed by atoms with E-state index in [-0.39, 0.29) is 41.6 Å². The van der Waals surface area contributed by atoms with Gasteiger partial charge < -0.3 is 16.0 Å². The molecule has 1 amide bonds. The van der Waals surface area contributed by atoms with Gasteiger partial charge in [-0.1, -0.05) is 31.4 Å². The van der Waals surface area contributed by atoms with Crippen molar-refractivity contribution in [3.63, 3.8) is 0 Å². The third kappa shape index (κ3) is 9.39. The van der Waals surface area contributed by atoms with Crippen molar-refractivity contribution in [1.82, 2.24) is 16.0 Å². The maximum absolute atomic E-state index is 13.2. The van der Waals surface area contributed by atoms with Crippen LogP contribution in [0.1, 0.15) is 44.6 Å². The van der Waals surface area contributed by atoms with Gasteiger partial charge in [0.05, 0.1) is 0 Å². The van der Waals surface area contributed by atoms with Gasteiger partial charge in [-0.2, -0.15) is 0 Å². The van der Waals surface area contributed by atoms with E-state index in [0.29, 0.717) is 26.1 Å². The number of benzene rings is 1. The second-order valence-corrected chi connectivity index (χ2v) is 6.69. The minimum Gasteiger partial charge on any atom is -0.357 e. The number of nitrogens with zero attached hydrogens (tertiary/aromatic N) is 1. The van der Waals surface area contributed by atoms with Crippen molar-refractivity contribution < 1.29 is 9.18 Å². The molecule has 1 aliphatic carbocycles. The molecule has 0 atom stereocenters. The van der Waals surface area contributed by atoms with E-state index in [4.69, 9.17) is 0 Å². The normalized spacial score (nSPS) is 15.0. The van der Waals surface area contributed by atoms with Crippen molar-refractivity contribution in [3.05, 3.63) is 35.6 Å². The molecule has 0 aromatic heterocycles. The third-order valence-corrected chi connectivity index (χ3v) is 4.60. The van der Waals surface area contributed by atoms with E-state index >= 15 is 0 Å². The van der Waals surface area contributed by atoms with Crippen LogP contribution in [0.3, 0.4) is 0 Å². The van der Waals surface area contributed by atoms with Crippen molar-refractivity contribution in [2.24, 2.45) is 10.9 Å². The summed E-state index contributed by atoms with van der Waals surface area (Å²) in [7, 11) is 0. The minimum atomic E-state index is -0.217. The number of halogens is 2. The van der Waals surface area contributed by atoms with E-state index in [1.165, 1.54) is 31.4 Å². The maximum Gasteiger partial charge on any atom is 0.223 e. The van der Waals surface area contributed by atoms with Crippen molar-refractivity contribution in [3.8, 4) is 0 Å². The lowest BCUT2D eigenvalue weighted by Crippen LogP contribution is -2.42. The summed E-state index contributed by atoms with van der Waals surface area (Å²) in [6.45, 7) is 4.57. The van der Waals surface area contributed by atoms with Crippen LogP contribution in [0.2, 0.25) is 0 Å². The molecular formula is C20H32FIN4O. The minimum absolute atomic E-state index is 0. The number of aliphatic imine (C=N–C) groups is 1. The highest BCUT2D eigenvalue weighted by atomic mass is 127. The first kappa shape index (κ1) is 23.7. The maximum atomic E-state index is 13.2. The summed E-state index contributed by atoms with van der Waals surface area (Å²) in [6.07, 6.45) is 6.31. The van der Waals surface area contributed by atoms with Gasteiger partial charge in [0.15, 0.2) is 5.96 Å². The van der Waals surface area contributed by atoms with E-state index in [2.05, 4.69) is 20.9 Å². The predicted molar refractivity (Wildman–Crippen MR) is 119 cm³/mol. The monoisotopic (exact) mass is 490 g/mol. The fraction of sp³-hybridized carbons (Fsp3) is 0.600. The number of rotatable bonds is 8. The zero-order chi connectivity index (χ0) is 18.6. The molecule has 0 heterocycles. The summed E-state index contributed by atoms with van der Waals surface area (Å²) < 4.78 is 13.2. The molecule has 0 radical (unpaired) electrons. The van der Waals surface area contributed by atoms with Gasteiger partial charge in [-0.15, -0.1) is 24.0 Å². The Morgan fingerprint density at radius 3 is 2.59 bits per heavy atom. The molecule has 0 saturated heterocycles. The van der Waals surface area contributed by atoms with Crippen LogP contribution in [-0.4, -0.2) is 38.0 Å². The second-order valence-electron chi connectivity index (χ2n) is 6.69. The molecule has 27 heavy (non-hydrogen) atoms. The van der Waals surface area contributed by atoms with Crippen LogP contribution in [0.4, 0.5) is 4.39 Å². The lowest BCUT2D eigenvalue weighted by Gasteiger charge is -2.21. The fourth-order valence-electron chi connectivity index (χ4n) is 3.21. The van der Waals surface area contributed by atoms with Gasteiger partial charge in [-0.3, -0.25) is 9.79 Å². The standard InChI is InChI=1S/C20H31FN4O.HI/c1-2-22-20(24-12-11-16-7-6-10-18(21)15-16)25-14-13-23-19(26)17-8-4-3-5-9-17;/h6-7,10,15,17H,2-5,8-9,11-14H2,1H3,(H,23,26)(H2,22,24,25);1H. The molecule has 0 aliphatic heterocycles. The van der Waals surface area contributed by atoms with Crippen LogP contribution in [0.5, 0.6) is 0 Å². The molecule has 7 heteroatoms. The number of carbonyl (C=O) groups excluding carboxylic acids is 1. The van der Waals surface area contributed by atoms with Crippen molar-refractivity contribution in [2.75, 3.05) is 26.2 Å². The molecule has 1 fully saturated rings. The largest absolute Gasteiger partial charge is 0.357 e. The van der Waals surface area contributed by atoms with Crippen LogP contribution in [0.25, 0.3) is 0 Å². The number of guanidine groups is 1. The first-order valence-electron chi connectivity index (χ1n) is 9.73. The predicted octanol–water partition coefficient (Wildman–Crippen LogP) is 3.24. The van der Waals surface area contributed by atoms with Crippen LogP contribution in [0.15, 0.2) is 29.3 Å².